The average Bonchev–Trinajstić information content (AvgIpc) is 3.12. The van der Waals surface area contributed by atoms with Crippen LogP contribution in [0.5, 0.6) is 0 Å². The van der Waals surface area contributed by atoms with E-state index in [0.717, 1.165) is 18.2 Å². The first-order valence-corrected chi connectivity index (χ1v) is 9.24. The van der Waals surface area contributed by atoms with Crippen molar-refractivity contribution in [2.24, 2.45) is 4.99 Å². The number of guanidine groups is 1. The molecular weight excluding hydrogens is 437 g/mol. The Hall–Kier alpha value is -3.54. The van der Waals surface area contributed by atoms with Crippen molar-refractivity contribution in [1.82, 2.24) is 15.5 Å². The molecule has 0 saturated heterocycles. The molecule has 3 N–H and O–H groups in total. The van der Waals surface area contributed by atoms with Crippen LogP contribution in [-0.4, -0.2) is 41.8 Å². The number of rotatable bonds is 5. The van der Waals surface area contributed by atoms with Crippen molar-refractivity contribution < 1.29 is 31.5 Å². The number of halogens is 5. The van der Waals surface area contributed by atoms with E-state index >= 15 is 0 Å². The van der Waals surface area contributed by atoms with Crippen LogP contribution in [0.1, 0.15) is 22.8 Å². The third-order valence-electron chi connectivity index (χ3n) is 4.31. The van der Waals surface area contributed by atoms with E-state index in [0.29, 0.717) is 6.07 Å². The normalized spacial score (nSPS) is 13.3. The number of aromatic amines is 1. The van der Waals surface area contributed by atoms with E-state index in [9.17, 15) is 26.7 Å². The van der Waals surface area contributed by atoms with Crippen LogP contribution in [0.25, 0.3) is 10.9 Å². The molecule has 0 radical (unpaired) electrons. The molecule has 0 saturated carbocycles. The SMILES string of the molecule is COC[C@H](C)N=C(NC(=O)c1ccc(F)c(F)c1)Nc1n[nH]c2c(C(F)(F)F)cccc12. The zero-order chi connectivity index (χ0) is 23.5. The number of amides is 1. The van der Waals surface area contributed by atoms with E-state index in [1.807, 2.05) is 0 Å². The Bertz CT molecular complexity index is 1160. The predicted molar refractivity (Wildman–Crippen MR) is 107 cm³/mol. The maximum absolute atomic E-state index is 13.5. The van der Waals surface area contributed by atoms with Crippen molar-refractivity contribution in [1.29, 1.82) is 0 Å². The summed E-state index contributed by atoms with van der Waals surface area (Å²) in [5.74, 6) is -3.36. The summed E-state index contributed by atoms with van der Waals surface area (Å²) >= 11 is 0. The Morgan fingerprint density at radius 2 is 1.97 bits per heavy atom. The van der Waals surface area contributed by atoms with Crippen molar-refractivity contribution in [3.63, 3.8) is 0 Å². The highest BCUT2D eigenvalue weighted by atomic mass is 19.4. The molecule has 32 heavy (non-hydrogen) atoms. The second kappa shape index (κ2) is 9.30. The lowest BCUT2D eigenvalue weighted by atomic mass is 10.1. The Morgan fingerprint density at radius 3 is 2.62 bits per heavy atom. The van der Waals surface area contributed by atoms with Gasteiger partial charge in [-0.15, -0.1) is 0 Å². The minimum Gasteiger partial charge on any atom is -0.382 e. The summed E-state index contributed by atoms with van der Waals surface area (Å²) in [7, 11) is 1.44. The van der Waals surface area contributed by atoms with E-state index in [4.69, 9.17) is 4.74 Å². The molecule has 0 aliphatic heterocycles. The van der Waals surface area contributed by atoms with Crippen LogP contribution in [0.15, 0.2) is 41.4 Å². The molecule has 7 nitrogen and oxygen atoms in total. The van der Waals surface area contributed by atoms with Gasteiger partial charge in [-0.25, -0.2) is 13.8 Å². The molecule has 2 aromatic carbocycles. The fourth-order valence-corrected chi connectivity index (χ4v) is 2.90. The van der Waals surface area contributed by atoms with Gasteiger partial charge in [-0.2, -0.15) is 18.3 Å². The number of aliphatic imine (C=N–C) groups is 1. The molecule has 3 rings (SSSR count). The molecule has 0 aliphatic rings. The summed E-state index contributed by atoms with van der Waals surface area (Å²) in [6.45, 7) is 1.84. The van der Waals surface area contributed by atoms with Crippen LogP contribution < -0.4 is 10.6 Å². The van der Waals surface area contributed by atoms with Gasteiger partial charge in [0.15, 0.2) is 17.5 Å². The second-order valence-electron chi connectivity index (χ2n) is 6.79. The third-order valence-corrected chi connectivity index (χ3v) is 4.31. The van der Waals surface area contributed by atoms with Gasteiger partial charge in [0.1, 0.15) is 0 Å². The number of carbonyl (C=O) groups is 1. The third kappa shape index (κ3) is 5.19. The van der Waals surface area contributed by atoms with Gasteiger partial charge in [-0.05, 0) is 37.3 Å². The maximum Gasteiger partial charge on any atom is 0.418 e. The number of hydrogen-bond donors (Lipinski definition) is 3. The summed E-state index contributed by atoms with van der Waals surface area (Å²) in [5, 5.41) is 11.4. The lowest BCUT2D eigenvalue weighted by molar-refractivity contribution is -0.136. The van der Waals surface area contributed by atoms with Crippen LogP contribution in [-0.2, 0) is 10.9 Å². The van der Waals surface area contributed by atoms with Crippen molar-refractivity contribution in [2.75, 3.05) is 19.0 Å². The van der Waals surface area contributed by atoms with Crippen molar-refractivity contribution in [2.45, 2.75) is 19.1 Å². The molecule has 170 valence electrons. The lowest BCUT2D eigenvalue weighted by Crippen LogP contribution is -2.37. The summed E-state index contributed by atoms with van der Waals surface area (Å²) in [6, 6.07) is 5.64. The molecule has 0 bridgehead atoms. The molecule has 0 fully saturated rings. The van der Waals surface area contributed by atoms with Crippen LogP contribution in [0.2, 0.25) is 0 Å². The smallest absolute Gasteiger partial charge is 0.382 e. The monoisotopic (exact) mass is 455 g/mol. The van der Waals surface area contributed by atoms with Crippen molar-refractivity contribution in [3.05, 3.63) is 59.2 Å². The number of benzene rings is 2. The maximum atomic E-state index is 13.5. The number of H-pyrrole nitrogens is 1. The predicted octanol–water partition coefficient (Wildman–Crippen LogP) is 4.09. The van der Waals surface area contributed by atoms with Gasteiger partial charge < -0.3 is 10.1 Å². The van der Waals surface area contributed by atoms with Crippen LogP contribution in [0.3, 0.4) is 0 Å². The number of para-hydroxylation sites is 1. The van der Waals surface area contributed by atoms with Gasteiger partial charge in [-0.3, -0.25) is 15.2 Å². The Labute approximate surface area is 178 Å². The van der Waals surface area contributed by atoms with Crippen molar-refractivity contribution in [3.8, 4) is 0 Å². The summed E-state index contributed by atoms with van der Waals surface area (Å²) < 4.78 is 71.4. The number of fused-ring (bicyclic) bond motifs is 1. The first-order chi connectivity index (χ1) is 15.1. The van der Waals surface area contributed by atoms with Gasteiger partial charge in [0, 0.05) is 18.1 Å². The largest absolute Gasteiger partial charge is 0.418 e. The van der Waals surface area contributed by atoms with Gasteiger partial charge in [0.25, 0.3) is 5.91 Å². The Kier molecular flexibility index (Phi) is 6.72. The van der Waals surface area contributed by atoms with E-state index < -0.39 is 35.3 Å². The minimum absolute atomic E-state index is 0.0277. The molecule has 0 unspecified atom stereocenters. The molecule has 0 aliphatic carbocycles. The number of carbonyl (C=O) groups excluding carboxylic acids is 1. The highest BCUT2D eigenvalue weighted by Crippen LogP contribution is 2.35. The number of nitrogens with zero attached hydrogens (tertiary/aromatic N) is 2. The van der Waals surface area contributed by atoms with Crippen molar-refractivity contribution >= 4 is 28.6 Å². The van der Waals surface area contributed by atoms with Crippen LogP contribution >= 0.6 is 0 Å². The molecule has 1 aromatic heterocycles. The standard InChI is InChI=1S/C20H18F5N5O2/c1-10(9-32-2)26-19(28-18(31)11-6-7-14(21)15(22)8-11)27-17-12-4-3-5-13(20(23,24)25)16(12)29-30-17/h3-8,10H,9H2,1-2H3,(H3,26,27,28,29,30,31)/t10-/m0/s1. The lowest BCUT2D eigenvalue weighted by Gasteiger charge is -2.13. The molecule has 1 amide bonds. The first-order valence-electron chi connectivity index (χ1n) is 9.24. The molecule has 0 spiro atoms. The van der Waals surface area contributed by atoms with E-state index in [-0.39, 0.29) is 34.9 Å². The zero-order valence-electron chi connectivity index (χ0n) is 16.8. The van der Waals surface area contributed by atoms with E-state index in [2.05, 4.69) is 25.8 Å². The number of aromatic nitrogens is 2. The number of hydrogen-bond acceptors (Lipinski definition) is 4. The summed E-state index contributed by atoms with van der Waals surface area (Å²) in [4.78, 5) is 16.7. The summed E-state index contributed by atoms with van der Waals surface area (Å²) in [6.07, 6.45) is -4.60. The molecule has 3 aromatic rings. The van der Waals surface area contributed by atoms with Crippen LogP contribution in [0, 0.1) is 11.6 Å². The van der Waals surface area contributed by atoms with E-state index in [1.54, 1.807) is 6.92 Å². The molecule has 1 heterocycles. The summed E-state index contributed by atoms with van der Waals surface area (Å²) in [5.41, 5.74) is -1.35. The zero-order valence-corrected chi connectivity index (χ0v) is 16.8. The molecule has 12 heteroatoms. The minimum atomic E-state index is -4.60. The van der Waals surface area contributed by atoms with Gasteiger partial charge in [-0.1, -0.05) is 6.07 Å². The highest BCUT2D eigenvalue weighted by molar-refractivity contribution is 6.11. The second-order valence-corrected chi connectivity index (χ2v) is 6.79. The van der Waals surface area contributed by atoms with E-state index in [1.165, 1.54) is 19.2 Å². The fourth-order valence-electron chi connectivity index (χ4n) is 2.90. The van der Waals surface area contributed by atoms with Gasteiger partial charge in [0.05, 0.1) is 23.7 Å². The number of methoxy groups -OCH3 is 1. The molecule has 1 atom stereocenters. The fraction of sp³-hybridized carbons (Fsp3) is 0.250. The number of anilines is 1. The highest BCUT2D eigenvalue weighted by Gasteiger charge is 2.33. The molecular formula is C20H18F5N5O2. The number of nitrogens with one attached hydrogen (secondary N) is 3. The number of ether oxygens (including phenoxy) is 1. The van der Waals surface area contributed by atoms with Gasteiger partial charge >= 0.3 is 6.18 Å². The topological polar surface area (TPSA) is 91.4 Å². The number of alkyl halides is 3. The van der Waals surface area contributed by atoms with Crippen LogP contribution in [0.4, 0.5) is 27.8 Å². The average molecular weight is 455 g/mol. The Morgan fingerprint density at radius 1 is 1.22 bits per heavy atom. The van der Waals surface area contributed by atoms with Gasteiger partial charge in [0.2, 0.25) is 5.96 Å². The Balaban J connectivity index is 1.93. The quantitative estimate of drug-likeness (QED) is 0.307. The first kappa shape index (κ1) is 23.1.